The molecule has 2 aromatic rings. The maximum atomic E-state index is 6.09. The largest absolute Gasteiger partial charge is 0.459 e. The third kappa shape index (κ3) is 2.48. The highest BCUT2D eigenvalue weighted by atomic mass is 16.3. The van der Waals surface area contributed by atoms with Gasteiger partial charge in [0, 0.05) is 10.9 Å². The molecular formula is C17H26N2O. The molecule has 2 unspecified atom stereocenters. The number of aryl methyl sites for hydroxylation is 1. The summed E-state index contributed by atoms with van der Waals surface area (Å²) in [6.07, 6.45) is 1.04. The van der Waals surface area contributed by atoms with E-state index in [0.29, 0.717) is 0 Å². The molecule has 0 saturated carbocycles. The monoisotopic (exact) mass is 274 g/mol. The molecule has 0 radical (unpaired) electrons. The van der Waals surface area contributed by atoms with Gasteiger partial charge in [0.2, 0.25) is 0 Å². The van der Waals surface area contributed by atoms with Gasteiger partial charge in [0.25, 0.3) is 0 Å². The lowest BCUT2D eigenvalue weighted by Gasteiger charge is -2.41. The molecule has 1 aromatic heterocycles. The number of hydrogen-bond donors (Lipinski definition) is 1. The fourth-order valence-electron chi connectivity index (χ4n) is 2.86. The maximum absolute atomic E-state index is 6.09. The predicted octanol–water partition coefficient (Wildman–Crippen LogP) is 3.73. The molecule has 2 rings (SSSR count). The number of furan rings is 1. The molecule has 3 nitrogen and oxygen atoms in total. The highest BCUT2D eigenvalue weighted by Crippen LogP contribution is 2.35. The summed E-state index contributed by atoms with van der Waals surface area (Å²) in [5.41, 5.74) is 2.23. The fraction of sp³-hybridized carbons (Fsp3) is 0.529. The minimum Gasteiger partial charge on any atom is -0.459 e. The number of nitrogens with one attached hydrogen (secondary N) is 1. The zero-order chi connectivity index (χ0) is 14.9. The topological polar surface area (TPSA) is 28.4 Å². The predicted molar refractivity (Wildman–Crippen MR) is 85.1 cm³/mol. The van der Waals surface area contributed by atoms with Gasteiger partial charge in [-0.2, -0.15) is 0 Å². The highest BCUT2D eigenvalue weighted by Gasteiger charge is 2.36. The molecule has 0 bridgehead atoms. The van der Waals surface area contributed by atoms with Crippen LogP contribution in [0.15, 0.2) is 28.7 Å². The molecule has 3 heteroatoms. The van der Waals surface area contributed by atoms with Gasteiger partial charge < -0.3 is 14.6 Å². The first-order chi connectivity index (χ1) is 9.42. The lowest BCUT2D eigenvalue weighted by atomic mass is 9.86. The van der Waals surface area contributed by atoms with Gasteiger partial charge in [0.05, 0.1) is 6.04 Å². The molecular weight excluding hydrogens is 248 g/mol. The second-order valence-corrected chi connectivity index (χ2v) is 6.02. The van der Waals surface area contributed by atoms with Crippen LogP contribution in [0, 0.1) is 6.92 Å². The van der Waals surface area contributed by atoms with Crippen molar-refractivity contribution < 1.29 is 4.42 Å². The van der Waals surface area contributed by atoms with E-state index in [9.17, 15) is 0 Å². The molecule has 0 amide bonds. The Morgan fingerprint density at radius 1 is 1.30 bits per heavy atom. The van der Waals surface area contributed by atoms with E-state index in [-0.39, 0.29) is 11.6 Å². The molecule has 0 saturated heterocycles. The molecule has 0 spiro atoms. The summed E-state index contributed by atoms with van der Waals surface area (Å²) in [6, 6.07) is 8.65. The number of rotatable bonds is 5. The van der Waals surface area contributed by atoms with E-state index >= 15 is 0 Å². The highest BCUT2D eigenvalue weighted by molar-refractivity contribution is 5.78. The Morgan fingerprint density at radius 3 is 2.55 bits per heavy atom. The maximum Gasteiger partial charge on any atom is 0.134 e. The summed E-state index contributed by atoms with van der Waals surface area (Å²) in [4.78, 5) is 2.27. The molecule has 0 aliphatic heterocycles. The van der Waals surface area contributed by atoms with E-state index < -0.39 is 0 Å². The van der Waals surface area contributed by atoms with Crippen LogP contribution >= 0.6 is 0 Å². The Labute approximate surface area is 122 Å². The summed E-state index contributed by atoms with van der Waals surface area (Å²) in [5, 5.41) is 4.61. The van der Waals surface area contributed by atoms with Crippen molar-refractivity contribution in [2.45, 2.75) is 38.8 Å². The lowest BCUT2D eigenvalue weighted by molar-refractivity contribution is 0.106. The minimum absolute atomic E-state index is 0.0116. The van der Waals surface area contributed by atoms with Gasteiger partial charge in [0.15, 0.2) is 0 Å². The van der Waals surface area contributed by atoms with Crippen LogP contribution in [0.2, 0.25) is 0 Å². The Balaban J connectivity index is 2.48. The van der Waals surface area contributed by atoms with Crippen molar-refractivity contribution in [1.29, 1.82) is 0 Å². The molecule has 1 aromatic carbocycles. The van der Waals surface area contributed by atoms with Crippen LogP contribution in [0.5, 0.6) is 0 Å². The Morgan fingerprint density at radius 2 is 2.00 bits per heavy atom. The van der Waals surface area contributed by atoms with Crippen molar-refractivity contribution in [3.63, 3.8) is 0 Å². The Bertz CT molecular complexity index is 588. The van der Waals surface area contributed by atoms with Gasteiger partial charge in [-0.25, -0.2) is 0 Å². The molecule has 0 fully saturated rings. The van der Waals surface area contributed by atoms with Crippen LogP contribution in [-0.2, 0) is 0 Å². The summed E-state index contributed by atoms with van der Waals surface area (Å²) < 4.78 is 6.09. The van der Waals surface area contributed by atoms with Crippen molar-refractivity contribution in [1.82, 2.24) is 10.2 Å². The summed E-state index contributed by atoms with van der Waals surface area (Å²) >= 11 is 0. The smallest absolute Gasteiger partial charge is 0.134 e. The van der Waals surface area contributed by atoms with Gasteiger partial charge in [-0.15, -0.1) is 0 Å². The van der Waals surface area contributed by atoms with E-state index in [1.807, 2.05) is 7.05 Å². The van der Waals surface area contributed by atoms with Gasteiger partial charge in [0.1, 0.15) is 11.3 Å². The van der Waals surface area contributed by atoms with E-state index in [4.69, 9.17) is 4.42 Å². The normalized spacial score (nSPS) is 16.6. The van der Waals surface area contributed by atoms with Crippen LogP contribution < -0.4 is 5.32 Å². The van der Waals surface area contributed by atoms with Crippen LogP contribution in [-0.4, -0.2) is 31.6 Å². The number of benzene rings is 1. The van der Waals surface area contributed by atoms with Gasteiger partial charge in [-0.3, -0.25) is 0 Å². The summed E-state index contributed by atoms with van der Waals surface area (Å²) in [7, 11) is 6.25. The first-order valence-electron chi connectivity index (χ1n) is 7.27. The fourth-order valence-corrected chi connectivity index (χ4v) is 2.86. The first kappa shape index (κ1) is 15.1. The van der Waals surface area contributed by atoms with Crippen LogP contribution in [0.1, 0.15) is 37.6 Å². The standard InChI is InChI=1S/C17H26N2O/c1-7-17(3,19(5)6)16(18-4)15-11-13-10-12(2)8-9-14(13)20-15/h8-11,16,18H,7H2,1-6H3. The zero-order valence-corrected chi connectivity index (χ0v) is 13.4. The molecule has 1 N–H and O–H groups in total. The van der Waals surface area contributed by atoms with Crippen molar-refractivity contribution in [2.24, 2.45) is 0 Å². The van der Waals surface area contributed by atoms with Gasteiger partial charge in [-0.05, 0) is 59.6 Å². The van der Waals surface area contributed by atoms with Crippen LogP contribution in [0.4, 0.5) is 0 Å². The first-order valence-corrected chi connectivity index (χ1v) is 7.27. The quantitative estimate of drug-likeness (QED) is 0.900. The SMILES string of the molecule is CCC(C)(C(NC)c1cc2cc(C)ccc2o1)N(C)C. The van der Waals surface area contributed by atoms with E-state index in [1.165, 1.54) is 10.9 Å². The number of likely N-dealkylation sites (N-methyl/N-ethyl adjacent to an activating group) is 2. The molecule has 2 atom stereocenters. The van der Waals surface area contributed by atoms with Crippen LogP contribution in [0.25, 0.3) is 11.0 Å². The molecule has 1 heterocycles. The van der Waals surface area contributed by atoms with E-state index in [2.05, 4.69) is 69.3 Å². The average Bonchev–Trinajstić information content (AvgIpc) is 2.81. The second kappa shape index (κ2) is 5.58. The number of fused-ring (bicyclic) bond motifs is 1. The van der Waals surface area contributed by atoms with Gasteiger partial charge >= 0.3 is 0 Å². The number of nitrogens with zero attached hydrogens (tertiary/aromatic N) is 1. The van der Waals surface area contributed by atoms with Gasteiger partial charge in [-0.1, -0.05) is 18.6 Å². The van der Waals surface area contributed by atoms with Crippen molar-refractivity contribution in [3.8, 4) is 0 Å². The van der Waals surface area contributed by atoms with Crippen molar-refractivity contribution in [3.05, 3.63) is 35.6 Å². The molecule has 110 valence electrons. The van der Waals surface area contributed by atoms with E-state index in [1.54, 1.807) is 0 Å². The summed E-state index contributed by atoms with van der Waals surface area (Å²) in [6.45, 7) is 6.60. The third-order valence-corrected chi connectivity index (χ3v) is 4.62. The lowest BCUT2D eigenvalue weighted by Crippen LogP contribution is -2.50. The van der Waals surface area contributed by atoms with Crippen molar-refractivity contribution >= 4 is 11.0 Å². The van der Waals surface area contributed by atoms with Crippen LogP contribution in [0.3, 0.4) is 0 Å². The number of hydrogen-bond acceptors (Lipinski definition) is 3. The average molecular weight is 274 g/mol. The second-order valence-electron chi connectivity index (χ2n) is 6.02. The zero-order valence-electron chi connectivity index (χ0n) is 13.4. The minimum atomic E-state index is 0.0116. The molecule has 20 heavy (non-hydrogen) atoms. The third-order valence-electron chi connectivity index (χ3n) is 4.62. The van der Waals surface area contributed by atoms with E-state index in [0.717, 1.165) is 17.8 Å². The Hall–Kier alpha value is -1.32. The van der Waals surface area contributed by atoms with Crippen molar-refractivity contribution in [2.75, 3.05) is 21.1 Å². The molecule has 0 aliphatic rings. The Kier molecular flexibility index (Phi) is 4.21. The summed E-state index contributed by atoms with van der Waals surface area (Å²) in [5.74, 6) is 1.01. The molecule has 0 aliphatic carbocycles.